The number of aromatic nitrogens is 3. The molecule has 0 saturated carbocycles. The monoisotopic (exact) mass is 803 g/mol. The van der Waals surface area contributed by atoms with Crippen molar-refractivity contribution in [3.63, 3.8) is 0 Å². The Balaban J connectivity index is 1.52. The van der Waals surface area contributed by atoms with Crippen molar-refractivity contribution >= 4 is 71.0 Å². The number of fused-ring (bicyclic) bond motifs is 4. The van der Waals surface area contributed by atoms with Crippen molar-refractivity contribution in [1.29, 1.82) is 0 Å². The number of anilines is 2. The third kappa shape index (κ3) is 6.46. The van der Waals surface area contributed by atoms with Gasteiger partial charge in [-0.25, -0.2) is 9.66 Å². The molecular weight excluding hydrogens is 758 g/mol. The molecule has 0 amide bonds. The molecule has 0 radical (unpaired) electrons. The molecule has 4 aromatic carbocycles. The highest BCUT2D eigenvalue weighted by Gasteiger charge is 2.41. The molecule has 7 rings (SSSR count). The maximum atomic E-state index is 5.76. The number of para-hydroxylation sites is 1. The second kappa shape index (κ2) is 14.3. The van der Waals surface area contributed by atoms with Crippen molar-refractivity contribution in [2.24, 2.45) is 5.10 Å². The molecule has 1 aliphatic heterocycles. The number of hydrogen-bond acceptors (Lipinski definition) is 3. The van der Waals surface area contributed by atoms with Crippen molar-refractivity contribution in [2.45, 2.75) is 97.8 Å². The van der Waals surface area contributed by atoms with Crippen LogP contribution in [0.2, 0.25) is 0 Å². The first-order valence-corrected chi connectivity index (χ1v) is 19.9. The molecule has 0 N–H and O–H groups in total. The summed E-state index contributed by atoms with van der Waals surface area (Å²) in [7, 11) is 0. The van der Waals surface area contributed by atoms with Gasteiger partial charge in [-0.05, 0) is 101 Å². The van der Waals surface area contributed by atoms with Gasteiger partial charge in [-0.1, -0.05) is 124 Å². The van der Waals surface area contributed by atoms with Crippen molar-refractivity contribution < 1.29 is 0 Å². The van der Waals surface area contributed by atoms with Crippen molar-refractivity contribution in [3.05, 3.63) is 128 Å². The van der Waals surface area contributed by atoms with E-state index in [9.17, 15) is 0 Å². The van der Waals surface area contributed by atoms with E-state index in [1.165, 1.54) is 33.5 Å². The molecule has 51 heavy (non-hydrogen) atoms. The molecule has 0 fully saturated rings. The van der Waals surface area contributed by atoms with Crippen LogP contribution < -0.4 is 4.90 Å². The van der Waals surface area contributed by atoms with E-state index in [1.807, 2.05) is 12.4 Å². The van der Waals surface area contributed by atoms with Gasteiger partial charge in [-0.15, -0.1) is 0 Å². The SMILES string of the molecule is CC(C)c1cccc(C(C)C)c1CCC1/C(=N/n2c3ccc(Br)cc3c3cc(Br)ccc32)N(c2c(C(C)C)cccc2C(C)C)c2nccnc21. The summed E-state index contributed by atoms with van der Waals surface area (Å²) < 4.78 is 4.24. The largest absolute Gasteiger partial charge is 0.278 e. The van der Waals surface area contributed by atoms with Crippen LogP contribution in [0.3, 0.4) is 0 Å². The van der Waals surface area contributed by atoms with Gasteiger partial charge in [-0.3, -0.25) is 9.88 Å². The third-order valence-electron chi connectivity index (χ3n) is 10.4. The van der Waals surface area contributed by atoms with Crippen molar-refractivity contribution in [3.8, 4) is 0 Å². The molecule has 3 heterocycles. The normalized spacial score (nSPS) is 15.5. The van der Waals surface area contributed by atoms with Crippen LogP contribution in [0.5, 0.6) is 0 Å². The lowest BCUT2D eigenvalue weighted by Crippen LogP contribution is -2.28. The van der Waals surface area contributed by atoms with E-state index in [-0.39, 0.29) is 5.92 Å². The molecule has 262 valence electrons. The van der Waals surface area contributed by atoms with Crippen LogP contribution in [-0.2, 0) is 6.42 Å². The summed E-state index contributed by atoms with van der Waals surface area (Å²) in [5.41, 5.74) is 11.2. The topological polar surface area (TPSA) is 46.3 Å². The summed E-state index contributed by atoms with van der Waals surface area (Å²) in [5.74, 6) is 3.23. The van der Waals surface area contributed by atoms with Crippen LogP contribution in [-0.4, -0.2) is 20.5 Å². The van der Waals surface area contributed by atoms with Gasteiger partial charge in [0.1, 0.15) is 5.84 Å². The molecule has 0 aliphatic carbocycles. The zero-order chi connectivity index (χ0) is 36.1. The molecule has 0 bridgehead atoms. The third-order valence-corrected chi connectivity index (χ3v) is 11.4. The number of halogens is 2. The highest BCUT2D eigenvalue weighted by atomic mass is 79.9. The average Bonchev–Trinajstić information content (AvgIpc) is 3.57. The number of hydrogen-bond donors (Lipinski definition) is 0. The smallest absolute Gasteiger partial charge is 0.161 e. The van der Waals surface area contributed by atoms with E-state index < -0.39 is 0 Å². The van der Waals surface area contributed by atoms with E-state index in [4.69, 9.17) is 15.1 Å². The molecule has 5 nitrogen and oxygen atoms in total. The number of rotatable bonds is 9. The van der Waals surface area contributed by atoms with Crippen LogP contribution in [0.15, 0.2) is 99.2 Å². The minimum Gasteiger partial charge on any atom is -0.278 e. The zero-order valence-electron chi connectivity index (χ0n) is 30.9. The Morgan fingerprint density at radius 2 is 1.14 bits per heavy atom. The maximum absolute atomic E-state index is 5.76. The number of benzene rings is 4. The predicted octanol–water partition coefficient (Wildman–Crippen LogP) is 13.3. The Kier molecular flexibility index (Phi) is 9.98. The Bertz CT molecular complexity index is 2170. The maximum Gasteiger partial charge on any atom is 0.161 e. The molecule has 6 aromatic rings. The Morgan fingerprint density at radius 3 is 1.65 bits per heavy atom. The van der Waals surface area contributed by atoms with Gasteiger partial charge in [0.05, 0.1) is 28.3 Å². The predicted molar refractivity (Wildman–Crippen MR) is 222 cm³/mol. The van der Waals surface area contributed by atoms with Crippen LogP contribution in [0.25, 0.3) is 21.8 Å². The quantitative estimate of drug-likeness (QED) is 0.146. The minimum absolute atomic E-state index is 0.0763. The lowest BCUT2D eigenvalue weighted by atomic mass is 9.84. The molecule has 0 spiro atoms. The van der Waals surface area contributed by atoms with E-state index in [0.717, 1.165) is 60.9 Å². The lowest BCUT2D eigenvalue weighted by molar-refractivity contribution is 0.715. The van der Waals surface area contributed by atoms with Crippen LogP contribution in [0.1, 0.15) is 125 Å². The Hall–Kier alpha value is -3.81. The van der Waals surface area contributed by atoms with Crippen molar-refractivity contribution in [1.82, 2.24) is 14.6 Å². The van der Waals surface area contributed by atoms with Gasteiger partial charge in [0.25, 0.3) is 0 Å². The summed E-state index contributed by atoms with van der Waals surface area (Å²) in [5, 5.41) is 8.07. The van der Waals surface area contributed by atoms with Gasteiger partial charge >= 0.3 is 0 Å². The summed E-state index contributed by atoms with van der Waals surface area (Å²) >= 11 is 7.48. The van der Waals surface area contributed by atoms with Crippen LogP contribution >= 0.6 is 31.9 Å². The molecule has 2 aromatic heterocycles. The molecular formula is C44H47Br2N5. The minimum atomic E-state index is -0.0763. The van der Waals surface area contributed by atoms with E-state index in [2.05, 4.69) is 170 Å². The fraction of sp³-hybridized carbons (Fsp3) is 0.341. The highest BCUT2D eigenvalue weighted by molar-refractivity contribution is 9.10. The second-order valence-corrected chi connectivity index (χ2v) is 16.9. The first kappa shape index (κ1) is 35.6. The van der Waals surface area contributed by atoms with Gasteiger partial charge in [0.15, 0.2) is 5.82 Å². The van der Waals surface area contributed by atoms with Gasteiger partial charge < -0.3 is 0 Å². The second-order valence-electron chi connectivity index (χ2n) is 15.1. The molecule has 0 saturated heterocycles. The van der Waals surface area contributed by atoms with E-state index >= 15 is 0 Å². The lowest BCUT2D eigenvalue weighted by Gasteiger charge is -2.29. The first-order valence-electron chi connectivity index (χ1n) is 18.3. The summed E-state index contributed by atoms with van der Waals surface area (Å²) in [4.78, 5) is 12.6. The molecule has 1 unspecified atom stereocenters. The number of amidine groups is 1. The molecule has 1 aliphatic rings. The van der Waals surface area contributed by atoms with Crippen molar-refractivity contribution in [2.75, 3.05) is 4.90 Å². The molecule has 1 atom stereocenters. The summed E-state index contributed by atoms with van der Waals surface area (Å²) in [6.07, 6.45) is 5.46. The Labute approximate surface area is 319 Å². The van der Waals surface area contributed by atoms with Crippen LogP contribution in [0.4, 0.5) is 11.5 Å². The average molecular weight is 806 g/mol. The fourth-order valence-corrected chi connectivity index (χ4v) is 8.68. The first-order chi connectivity index (χ1) is 24.5. The van der Waals surface area contributed by atoms with E-state index in [1.54, 1.807) is 0 Å². The summed E-state index contributed by atoms with van der Waals surface area (Å²) in [6.45, 7) is 18.4. The van der Waals surface area contributed by atoms with Gasteiger partial charge in [0.2, 0.25) is 0 Å². The van der Waals surface area contributed by atoms with Gasteiger partial charge in [-0.2, -0.15) is 5.10 Å². The summed E-state index contributed by atoms with van der Waals surface area (Å²) in [6, 6.07) is 26.6. The number of nitrogens with zero attached hydrogens (tertiary/aromatic N) is 5. The zero-order valence-corrected chi connectivity index (χ0v) is 34.0. The standard InChI is InChI=1S/C44H47Br2N5/c1-25(2)31-11-9-12-32(26(3)4)35(31)17-18-36-41-44(48-22-21-47-41)50(42-33(27(5)6)13-10-14-34(42)28(7)8)43(36)49-51-39-19-15-29(45)23-37(39)38-24-30(46)16-20-40(38)51/h9-16,19-28,36H,17-18H2,1-8H3/b49-43-. The van der Waals surface area contributed by atoms with Gasteiger partial charge in [0, 0.05) is 32.1 Å². The highest BCUT2D eigenvalue weighted by Crippen LogP contribution is 2.48. The molecule has 7 heteroatoms. The Morgan fingerprint density at radius 1 is 0.647 bits per heavy atom. The fourth-order valence-electron chi connectivity index (χ4n) is 7.96. The van der Waals surface area contributed by atoms with Crippen LogP contribution in [0, 0.1) is 0 Å². The van der Waals surface area contributed by atoms with E-state index in [0.29, 0.717) is 23.7 Å².